The molecule has 1 saturated heterocycles. The third-order valence-corrected chi connectivity index (χ3v) is 3.81. The standard InChI is InChI=1S/C16H17NO6/c1-20-12-7-10(9-18)14(21-2)11-8-13(23-15(11)12)16(19)17-3-5-22-6-4-17/h7-9H,3-6H2,1-2H3. The largest absolute Gasteiger partial charge is 0.495 e. The molecule has 1 aromatic heterocycles. The molecule has 122 valence electrons. The van der Waals surface area contributed by atoms with Gasteiger partial charge in [0.15, 0.2) is 23.4 Å². The highest BCUT2D eigenvalue weighted by molar-refractivity contribution is 6.02. The number of hydrogen-bond donors (Lipinski definition) is 0. The molecule has 1 aliphatic heterocycles. The zero-order valence-electron chi connectivity index (χ0n) is 13.0. The molecule has 3 rings (SSSR count). The first kappa shape index (κ1) is 15.4. The molecule has 0 atom stereocenters. The summed E-state index contributed by atoms with van der Waals surface area (Å²) in [6.07, 6.45) is 0.678. The van der Waals surface area contributed by atoms with Gasteiger partial charge in [0.2, 0.25) is 0 Å². The van der Waals surface area contributed by atoms with Crippen molar-refractivity contribution in [2.24, 2.45) is 0 Å². The molecule has 1 fully saturated rings. The Kier molecular flexibility index (Phi) is 4.20. The third kappa shape index (κ3) is 2.63. The van der Waals surface area contributed by atoms with Crippen LogP contribution in [0.25, 0.3) is 11.0 Å². The first-order valence-electron chi connectivity index (χ1n) is 7.20. The Balaban J connectivity index is 2.09. The summed E-state index contributed by atoms with van der Waals surface area (Å²) in [6.45, 7) is 2.05. The lowest BCUT2D eigenvalue weighted by atomic mass is 10.1. The molecule has 7 nitrogen and oxygen atoms in total. The monoisotopic (exact) mass is 319 g/mol. The molecule has 0 unspecified atom stereocenters. The first-order chi connectivity index (χ1) is 11.2. The molecular weight excluding hydrogens is 302 g/mol. The molecule has 0 spiro atoms. The van der Waals surface area contributed by atoms with Crippen LogP contribution in [0.3, 0.4) is 0 Å². The van der Waals surface area contributed by atoms with E-state index in [1.54, 1.807) is 11.0 Å². The normalized spacial score (nSPS) is 14.8. The fraction of sp³-hybridized carbons (Fsp3) is 0.375. The van der Waals surface area contributed by atoms with Crippen molar-refractivity contribution >= 4 is 23.2 Å². The summed E-state index contributed by atoms with van der Waals surface area (Å²) in [5.74, 6) is 0.701. The lowest BCUT2D eigenvalue weighted by Crippen LogP contribution is -2.40. The van der Waals surface area contributed by atoms with Gasteiger partial charge in [0, 0.05) is 19.2 Å². The fourth-order valence-corrected chi connectivity index (χ4v) is 2.67. The van der Waals surface area contributed by atoms with E-state index in [1.807, 2.05) is 0 Å². The van der Waals surface area contributed by atoms with E-state index in [1.165, 1.54) is 20.3 Å². The van der Waals surface area contributed by atoms with Gasteiger partial charge in [-0.3, -0.25) is 9.59 Å². The summed E-state index contributed by atoms with van der Waals surface area (Å²) in [6, 6.07) is 3.11. The van der Waals surface area contributed by atoms with E-state index in [9.17, 15) is 9.59 Å². The molecule has 2 aromatic rings. The second-order valence-electron chi connectivity index (χ2n) is 5.08. The van der Waals surface area contributed by atoms with Crippen molar-refractivity contribution in [3.8, 4) is 11.5 Å². The van der Waals surface area contributed by atoms with Crippen molar-refractivity contribution in [1.82, 2.24) is 4.90 Å². The zero-order chi connectivity index (χ0) is 16.4. The molecule has 0 aliphatic carbocycles. The van der Waals surface area contributed by atoms with Crippen LogP contribution in [0.15, 0.2) is 16.5 Å². The zero-order valence-corrected chi connectivity index (χ0v) is 13.0. The number of rotatable bonds is 4. The van der Waals surface area contributed by atoms with E-state index in [4.69, 9.17) is 18.6 Å². The quantitative estimate of drug-likeness (QED) is 0.799. The van der Waals surface area contributed by atoms with E-state index < -0.39 is 0 Å². The topological polar surface area (TPSA) is 78.2 Å². The number of furan rings is 1. The number of aldehydes is 1. The minimum absolute atomic E-state index is 0.182. The van der Waals surface area contributed by atoms with Gasteiger partial charge in [-0.05, 0) is 6.07 Å². The van der Waals surface area contributed by atoms with Gasteiger partial charge >= 0.3 is 0 Å². The second kappa shape index (κ2) is 6.29. The van der Waals surface area contributed by atoms with Crippen LogP contribution in [-0.4, -0.2) is 57.6 Å². The lowest BCUT2D eigenvalue weighted by molar-refractivity contribution is 0.0284. The Morgan fingerprint density at radius 2 is 1.96 bits per heavy atom. The number of carbonyl (C=O) groups excluding carboxylic acids is 2. The molecule has 1 amide bonds. The Morgan fingerprint density at radius 3 is 2.57 bits per heavy atom. The number of benzene rings is 1. The van der Waals surface area contributed by atoms with Crippen LogP contribution < -0.4 is 9.47 Å². The average Bonchev–Trinajstić information content (AvgIpc) is 3.05. The number of amides is 1. The fourth-order valence-electron chi connectivity index (χ4n) is 2.67. The number of methoxy groups -OCH3 is 2. The highest BCUT2D eigenvalue weighted by Gasteiger charge is 2.25. The summed E-state index contributed by atoms with van der Waals surface area (Å²) in [5, 5.41) is 0.533. The van der Waals surface area contributed by atoms with Crippen molar-refractivity contribution in [3.05, 3.63) is 23.5 Å². The van der Waals surface area contributed by atoms with Crippen molar-refractivity contribution in [1.29, 1.82) is 0 Å². The van der Waals surface area contributed by atoms with Crippen molar-refractivity contribution in [2.75, 3.05) is 40.5 Å². The molecule has 1 aliphatic rings. The number of morpholine rings is 1. The summed E-state index contributed by atoms with van der Waals surface area (Å²) in [4.78, 5) is 25.4. The number of carbonyl (C=O) groups is 2. The highest BCUT2D eigenvalue weighted by Crippen LogP contribution is 2.38. The van der Waals surface area contributed by atoms with Crippen LogP contribution in [0.4, 0.5) is 0 Å². The molecule has 2 heterocycles. The maximum atomic E-state index is 12.5. The first-order valence-corrected chi connectivity index (χ1v) is 7.20. The molecule has 0 radical (unpaired) electrons. The molecule has 7 heteroatoms. The van der Waals surface area contributed by atoms with Gasteiger partial charge in [0.25, 0.3) is 5.91 Å². The Hall–Kier alpha value is -2.54. The third-order valence-electron chi connectivity index (χ3n) is 3.81. The van der Waals surface area contributed by atoms with Crippen LogP contribution in [0.1, 0.15) is 20.9 Å². The Bertz CT molecular complexity index is 745. The Morgan fingerprint density at radius 1 is 1.22 bits per heavy atom. The molecule has 1 aromatic carbocycles. The van der Waals surface area contributed by atoms with Crippen molar-refractivity contribution in [3.63, 3.8) is 0 Å². The molecule has 23 heavy (non-hydrogen) atoms. The van der Waals surface area contributed by atoms with Crippen LogP contribution in [-0.2, 0) is 4.74 Å². The SMILES string of the molecule is COc1c(C=O)cc(OC)c2oc(C(=O)N3CCOCC3)cc12. The van der Waals surface area contributed by atoms with E-state index in [0.29, 0.717) is 60.6 Å². The summed E-state index contributed by atoms with van der Waals surface area (Å²) in [5.41, 5.74) is 0.717. The van der Waals surface area contributed by atoms with Gasteiger partial charge in [-0.15, -0.1) is 0 Å². The summed E-state index contributed by atoms with van der Waals surface area (Å²) in [7, 11) is 2.94. The van der Waals surface area contributed by atoms with Gasteiger partial charge < -0.3 is 23.5 Å². The number of fused-ring (bicyclic) bond motifs is 1. The predicted octanol–water partition coefficient (Wildman–Crippen LogP) is 1.73. The van der Waals surface area contributed by atoms with E-state index in [2.05, 4.69) is 0 Å². The number of nitrogens with zero attached hydrogens (tertiary/aromatic N) is 1. The van der Waals surface area contributed by atoms with Gasteiger partial charge in [-0.2, -0.15) is 0 Å². The van der Waals surface area contributed by atoms with Gasteiger partial charge in [0.05, 0.1) is 38.4 Å². The highest BCUT2D eigenvalue weighted by atomic mass is 16.5. The maximum absolute atomic E-state index is 12.5. The van der Waals surface area contributed by atoms with Crippen LogP contribution in [0, 0.1) is 0 Å². The number of hydrogen-bond acceptors (Lipinski definition) is 6. The Labute approximate surface area is 132 Å². The molecule has 0 N–H and O–H groups in total. The van der Waals surface area contributed by atoms with E-state index >= 15 is 0 Å². The second-order valence-corrected chi connectivity index (χ2v) is 5.08. The number of ether oxygens (including phenoxy) is 3. The van der Waals surface area contributed by atoms with Gasteiger partial charge in [-0.25, -0.2) is 0 Å². The van der Waals surface area contributed by atoms with E-state index in [-0.39, 0.29) is 11.7 Å². The van der Waals surface area contributed by atoms with Gasteiger partial charge in [0.1, 0.15) is 5.75 Å². The minimum Gasteiger partial charge on any atom is -0.495 e. The lowest BCUT2D eigenvalue weighted by Gasteiger charge is -2.25. The van der Waals surface area contributed by atoms with Crippen LogP contribution in [0.2, 0.25) is 0 Å². The van der Waals surface area contributed by atoms with Crippen LogP contribution in [0.5, 0.6) is 11.5 Å². The molecular formula is C16H17NO6. The summed E-state index contributed by atoms with van der Waals surface area (Å²) < 4.78 is 21.5. The van der Waals surface area contributed by atoms with Crippen LogP contribution >= 0.6 is 0 Å². The predicted molar refractivity (Wildman–Crippen MR) is 81.4 cm³/mol. The summed E-state index contributed by atoms with van der Waals surface area (Å²) >= 11 is 0. The molecule has 0 saturated carbocycles. The minimum atomic E-state index is -0.221. The van der Waals surface area contributed by atoms with Crippen molar-refractivity contribution in [2.45, 2.75) is 0 Å². The molecule has 0 bridgehead atoms. The van der Waals surface area contributed by atoms with Gasteiger partial charge in [-0.1, -0.05) is 0 Å². The van der Waals surface area contributed by atoms with Crippen molar-refractivity contribution < 1.29 is 28.2 Å². The maximum Gasteiger partial charge on any atom is 0.289 e. The average molecular weight is 319 g/mol. The smallest absolute Gasteiger partial charge is 0.289 e. The van der Waals surface area contributed by atoms with E-state index in [0.717, 1.165) is 0 Å².